The average Bonchev–Trinajstić information content (AvgIpc) is 2.50. The standard InChI is InChI=1S/C18H21BrClNO2/c1-12(2)23-18-9-15(19)14(8-17(18)22-3)11-21-10-13-6-4-5-7-16(13)20/h4-9,12,21H,10-11H2,1-3H3. The minimum absolute atomic E-state index is 0.0972. The molecule has 124 valence electrons. The lowest BCUT2D eigenvalue weighted by Gasteiger charge is -2.16. The summed E-state index contributed by atoms with van der Waals surface area (Å²) in [5, 5.41) is 4.18. The van der Waals surface area contributed by atoms with E-state index >= 15 is 0 Å². The number of hydrogen-bond acceptors (Lipinski definition) is 3. The highest BCUT2D eigenvalue weighted by atomic mass is 79.9. The molecule has 3 nitrogen and oxygen atoms in total. The lowest BCUT2D eigenvalue weighted by molar-refractivity contribution is 0.230. The molecule has 1 N–H and O–H groups in total. The lowest BCUT2D eigenvalue weighted by atomic mass is 10.2. The molecule has 0 aromatic heterocycles. The number of nitrogens with one attached hydrogen (secondary N) is 1. The molecule has 0 saturated carbocycles. The van der Waals surface area contributed by atoms with E-state index in [9.17, 15) is 0 Å². The van der Waals surface area contributed by atoms with Gasteiger partial charge in [0.2, 0.25) is 0 Å². The van der Waals surface area contributed by atoms with E-state index in [1.54, 1.807) is 7.11 Å². The van der Waals surface area contributed by atoms with Crippen LogP contribution < -0.4 is 14.8 Å². The molecule has 2 aromatic rings. The number of benzene rings is 2. The molecule has 0 unspecified atom stereocenters. The molecule has 23 heavy (non-hydrogen) atoms. The summed E-state index contributed by atoms with van der Waals surface area (Å²) in [5.41, 5.74) is 2.18. The van der Waals surface area contributed by atoms with Crippen LogP contribution in [0.2, 0.25) is 5.02 Å². The average molecular weight is 399 g/mol. The van der Waals surface area contributed by atoms with Crippen LogP contribution in [0.25, 0.3) is 0 Å². The number of ether oxygens (including phenoxy) is 2. The van der Waals surface area contributed by atoms with E-state index in [1.807, 2.05) is 50.2 Å². The molecule has 2 rings (SSSR count). The van der Waals surface area contributed by atoms with Crippen molar-refractivity contribution in [1.29, 1.82) is 0 Å². The van der Waals surface area contributed by atoms with Gasteiger partial charge in [0.25, 0.3) is 0 Å². The molecule has 0 heterocycles. The number of methoxy groups -OCH3 is 1. The minimum Gasteiger partial charge on any atom is -0.493 e. The van der Waals surface area contributed by atoms with Crippen LogP contribution in [0, 0.1) is 0 Å². The molecule has 2 aromatic carbocycles. The van der Waals surface area contributed by atoms with Crippen LogP contribution in [0.5, 0.6) is 11.5 Å². The Morgan fingerprint density at radius 1 is 1.09 bits per heavy atom. The van der Waals surface area contributed by atoms with Gasteiger partial charge < -0.3 is 14.8 Å². The van der Waals surface area contributed by atoms with Gasteiger partial charge in [-0.15, -0.1) is 0 Å². The zero-order valence-corrected chi connectivity index (χ0v) is 15.9. The molecule has 0 aliphatic heterocycles. The zero-order chi connectivity index (χ0) is 16.8. The summed E-state index contributed by atoms with van der Waals surface area (Å²) in [5.74, 6) is 1.47. The van der Waals surface area contributed by atoms with Gasteiger partial charge in [-0.2, -0.15) is 0 Å². The molecule has 0 saturated heterocycles. The molecule has 0 spiro atoms. The van der Waals surface area contributed by atoms with Gasteiger partial charge in [-0.25, -0.2) is 0 Å². The van der Waals surface area contributed by atoms with Crippen LogP contribution in [0.15, 0.2) is 40.9 Å². The normalized spacial score (nSPS) is 10.9. The molecule has 0 amide bonds. The van der Waals surface area contributed by atoms with Gasteiger partial charge in [0.05, 0.1) is 13.2 Å². The Kier molecular flexibility index (Phi) is 6.75. The van der Waals surface area contributed by atoms with E-state index in [2.05, 4.69) is 21.2 Å². The highest BCUT2D eigenvalue weighted by Crippen LogP contribution is 2.34. The summed E-state index contributed by atoms with van der Waals surface area (Å²) in [7, 11) is 1.65. The first-order valence-corrected chi connectivity index (χ1v) is 8.65. The van der Waals surface area contributed by atoms with E-state index in [0.717, 1.165) is 32.1 Å². The van der Waals surface area contributed by atoms with Crippen molar-refractivity contribution in [3.63, 3.8) is 0 Å². The number of hydrogen-bond donors (Lipinski definition) is 1. The van der Waals surface area contributed by atoms with Crippen LogP contribution in [-0.4, -0.2) is 13.2 Å². The van der Waals surface area contributed by atoms with Crippen molar-refractivity contribution in [3.8, 4) is 11.5 Å². The van der Waals surface area contributed by atoms with E-state index in [0.29, 0.717) is 13.1 Å². The lowest BCUT2D eigenvalue weighted by Crippen LogP contribution is -2.14. The molecular formula is C18H21BrClNO2. The van der Waals surface area contributed by atoms with Gasteiger partial charge in [0.15, 0.2) is 11.5 Å². The van der Waals surface area contributed by atoms with E-state index < -0.39 is 0 Å². The second-order valence-corrected chi connectivity index (χ2v) is 6.72. The molecule has 0 radical (unpaired) electrons. The minimum atomic E-state index is 0.0972. The van der Waals surface area contributed by atoms with Gasteiger partial charge in [-0.05, 0) is 43.2 Å². The first kappa shape index (κ1) is 18.1. The Morgan fingerprint density at radius 3 is 2.43 bits per heavy atom. The Hall–Kier alpha value is -1.23. The Balaban J connectivity index is 2.06. The highest BCUT2D eigenvalue weighted by molar-refractivity contribution is 9.10. The molecule has 0 aliphatic carbocycles. The summed E-state index contributed by atoms with van der Waals surface area (Å²) in [6, 6.07) is 11.8. The summed E-state index contributed by atoms with van der Waals surface area (Å²) < 4.78 is 12.2. The molecular weight excluding hydrogens is 378 g/mol. The van der Waals surface area contributed by atoms with Crippen molar-refractivity contribution >= 4 is 27.5 Å². The van der Waals surface area contributed by atoms with Crippen molar-refractivity contribution in [2.75, 3.05) is 7.11 Å². The van der Waals surface area contributed by atoms with Gasteiger partial charge in [0.1, 0.15) is 0 Å². The second-order valence-electron chi connectivity index (χ2n) is 5.46. The summed E-state index contributed by atoms with van der Waals surface area (Å²) >= 11 is 9.77. The van der Waals surface area contributed by atoms with Crippen molar-refractivity contribution in [1.82, 2.24) is 5.32 Å². The fourth-order valence-electron chi connectivity index (χ4n) is 2.19. The van der Waals surface area contributed by atoms with Crippen molar-refractivity contribution in [2.45, 2.75) is 33.0 Å². The van der Waals surface area contributed by atoms with Crippen LogP contribution in [0.3, 0.4) is 0 Å². The quantitative estimate of drug-likeness (QED) is 0.696. The zero-order valence-electron chi connectivity index (χ0n) is 13.5. The summed E-state index contributed by atoms with van der Waals surface area (Å²) in [6.07, 6.45) is 0.0972. The van der Waals surface area contributed by atoms with Crippen LogP contribution >= 0.6 is 27.5 Å². The van der Waals surface area contributed by atoms with Crippen LogP contribution in [-0.2, 0) is 13.1 Å². The molecule has 0 atom stereocenters. The number of halogens is 2. The van der Waals surface area contributed by atoms with Crippen LogP contribution in [0.1, 0.15) is 25.0 Å². The van der Waals surface area contributed by atoms with Gasteiger partial charge >= 0.3 is 0 Å². The predicted molar refractivity (Wildman–Crippen MR) is 98.5 cm³/mol. The third kappa shape index (κ3) is 5.13. The largest absolute Gasteiger partial charge is 0.493 e. The fourth-order valence-corrected chi connectivity index (χ4v) is 2.86. The highest BCUT2D eigenvalue weighted by Gasteiger charge is 2.11. The molecule has 0 fully saturated rings. The SMILES string of the molecule is COc1cc(CNCc2ccccc2Cl)c(Br)cc1OC(C)C. The molecule has 5 heteroatoms. The first-order valence-electron chi connectivity index (χ1n) is 7.48. The first-order chi connectivity index (χ1) is 11.0. The third-order valence-corrected chi connectivity index (χ3v) is 4.39. The summed E-state index contributed by atoms with van der Waals surface area (Å²) in [4.78, 5) is 0. The van der Waals surface area contributed by atoms with Gasteiger partial charge in [0, 0.05) is 22.6 Å². The van der Waals surface area contributed by atoms with Gasteiger partial charge in [-0.3, -0.25) is 0 Å². The fraction of sp³-hybridized carbons (Fsp3) is 0.333. The van der Waals surface area contributed by atoms with E-state index in [4.69, 9.17) is 21.1 Å². The predicted octanol–water partition coefficient (Wildman–Crippen LogP) is 5.19. The van der Waals surface area contributed by atoms with Crippen molar-refractivity contribution < 1.29 is 9.47 Å². The van der Waals surface area contributed by atoms with Gasteiger partial charge in [-0.1, -0.05) is 45.7 Å². The Morgan fingerprint density at radius 2 is 1.78 bits per heavy atom. The number of rotatable bonds is 7. The van der Waals surface area contributed by atoms with Crippen LogP contribution in [0.4, 0.5) is 0 Å². The summed E-state index contributed by atoms with van der Waals surface area (Å²) in [6.45, 7) is 5.39. The third-order valence-electron chi connectivity index (χ3n) is 3.28. The van der Waals surface area contributed by atoms with Crippen molar-refractivity contribution in [3.05, 3.63) is 57.0 Å². The maximum absolute atomic E-state index is 6.17. The monoisotopic (exact) mass is 397 g/mol. The molecule has 0 aliphatic rings. The van der Waals surface area contributed by atoms with Crippen molar-refractivity contribution in [2.24, 2.45) is 0 Å². The maximum Gasteiger partial charge on any atom is 0.162 e. The van der Waals surface area contributed by atoms with E-state index in [1.165, 1.54) is 0 Å². The second kappa shape index (κ2) is 8.57. The topological polar surface area (TPSA) is 30.5 Å². The Bertz CT molecular complexity index is 661. The van der Waals surface area contributed by atoms with E-state index in [-0.39, 0.29) is 6.10 Å². The maximum atomic E-state index is 6.17. The molecule has 0 bridgehead atoms. The smallest absolute Gasteiger partial charge is 0.162 e. The Labute approximate surface area is 151 Å².